The Labute approximate surface area is 104 Å². The van der Waals surface area contributed by atoms with E-state index in [1.54, 1.807) is 0 Å². The molecule has 1 saturated heterocycles. The lowest BCUT2D eigenvalue weighted by Gasteiger charge is -2.38. The third-order valence-corrected chi connectivity index (χ3v) is 3.71. The highest BCUT2D eigenvalue weighted by atomic mass is 15.2. The van der Waals surface area contributed by atoms with E-state index in [-0.39, 0.29) is 0 Å². The molecule has 2 rings (SSSR count). The van der Waals surface area contributed by atoms with Gasteiger partial charge < -0.3 is 5.32 Å². The second kappa shape index (κ2) is 6.12. The second-order valence-electron chi connectivity index (χ2n) is 4.96. The average Bonchev–Trinajstić information content (AvgIpc) is 2.39. The molecule has 1 fully saturated rings. The van der Waals surface area contributed by atoms with Gasteiger partial charge in [0.05, 0.1) is 0 Å². The van der Waals surface area contributed by atoms with Crippen LogP contribution in [0.2, 0.25) is 0 Å². The quantitative estimate of drug-likeness (QED) is 0.858. The minimum Gasteiger partial charge on any atom is -0.311 e. The van der Waals surface area contributed by atoms with E-state index in [4.69, 9.17) is 0 Å². The Balaban J connectivity index is 1.85. The first kappa shape index (κ1) is 12.5. The van der Waals surface area contributed by atoms with E-state index >= 15 is 0 Å². The van der Waals surface area contributed by atoms with Crippen molar-refractivity contribution in [3.63, 3.8) is 0 Å². The lowest BCUT2D eigenvalue weighted by Crippen LogP contribution is -2.55. The van der Waals surface area contributed by atoms with Crippen molar-refractivity contribution in [2.75, 3.05) is 19.6 Å². The topological polar surface area (TPSA) is 28.2 Å². The zero-order valence-electron chi connectivity index (χ0n) is 10.9. The molecule has 2 unspecified atom stereocenters. The van der Waals surface area contributed by atoms with Crippen LogP contribution in [0.15, 0.2) is 24.5 Å². The van der Waals surface area contributed by atoms with Crippen LogP contribution < -0.4 is 5.32 Å². The summed E-state index contributed by atoms with van der Waals surface area (Å²) in [5.41, 5.74) is 1.39. The number of nitrogens with zero attached hydrogens (tertiary/aromatic N) is 2. The summed E-state index contributed by atoms with van der Waals surface area (Å²) in [7, 11) is 0. The van der Waals surface area contributed by atoms with Crippen molar-refractivity contribution >= 4 is 0 Å². The number of pyridine rings is 1. The molecule has 0 aromatic carbocycles. The molecule has 0 spiro atoms. The van der Waals surface area contributed by atoms with Gasteiger partial charge in [-0.05, 0) is 37.5 Å². The Hall–Kier alpha value is -0.930. The van der Waals surface area contributed by atoms with Crippen molar-refractivity contribution in [3.05, 3.63) is 30.1 Å². The first-order valence-electron chi connectivity index (χ1n) is 6.66. The number of hydrogen-bond acceptors (Lipinski definition) is 3. The Bertz CT molecular complexity index is 325. The third-order valence-electron chi connectivity index (χ3n) is 3.71. The monoisotopic (exact) mass is 233 g/mol. The van der Waals surface area contributed by atoms with Crippen molar-refractivity contribution in [1.29, 1.82) is 0 Å². The summed E-state index contributed by atoms with van der Waals surface area (Å²) in [5.74, 6) is 0. The smallest absolute Gasteiger partial charge is 0.0270 e. The molecule has 1 N–H and O–H groups in total. The Morgan fingerprint density at radius 2 is 2.18 bits per heavy atom. The van der Waals surface area contributed by atoms with E-state index in [1.165, 1.54) is 18.5 Å². The van der Waals surface area contributed by atoms with Gasteiger partial charge >= 0.3 is 0 Å². The normalized spacial score (nSPS) is 26.0. The fourth-order valence-corrected chi connectivity index (χ4v) is 2.40. The molecule has 3 nitrogen and oxygen atoms in total. The maximum absolute atomic E-state index is 4.06. The average molecular weight is 233 g/mol. The summed E-state index contributed by atoms with van der Waals surface area (Å²) in [4.78, 5) is 6.66. The zero-order chi connectivity index (χ0) is 12.1. The van der Waals surface area contributed by atoms with Crippen molar-refractivity contribution in [2.24, 2.45) is 0 Å². The van der Waals surface area contributed by atoms with Crippen molar-refractivity contribution in [2.45, 2.75) is 38.8 Å². The largest absolute Gasteiger partial charge is 0.311 e. The molecular formula is C14H23N3. The van der Waals surface area contributed by atoms with Crippen LogP contribution in [0.25, 0.3) is 0 Å². The van der Waals surface area contributed by atoms with Crippen molar-refractivity contribution in [1.82, 2.24) is 15.2 Å². The van der Waals surface area contributed by atoms with Crippen LogP contribution in [-0.4, -0.2) is 41.6 Å². The van der Waals surface area contributed by atoms with Crippen LogP contribution in [-0.2, 0) is 6.42 Å². The van der Waals surface area contributed by atoms with Crippen molar-refractivity contribution < 1.29 is 0 Å². The molecule has 0 saturated carbocycles. The summed E-state index contributed by atoms with van der Waals surface area (Å²) >= 11 is 0. The number of piperazine rings is 1. The molecule has 0 radical (unpaired) electrons. The van der Waals surface area contributed by atoms with Gasteiger partial charge in [0.1, 0.15) is 0 Å². The van der Waals surface area contributed by atoms with Crippen LogP contribution in [0, 0.1) is 0 Å². The van der Waals surface area contributed by atoms with Gasteiger partial charge in [0, 0.05) is 44.1 Å². The van der Waals surface area contributed by atoms with Gasteiger partial charge in [-0.3, -0.25) is 9.88 Å². The fraction of sp³-hybridized carbons (Fsp3) is 0.643. The molecular weight excluding hydrogens is 210 g/mol. The molecule has 0 amide bonds. The lowest BCUT2D eigenvalue weighted by molar-refractivity contribution is 0.141. The van der Waals surface area contributed by atoms with Crippen molar-refractivity contribution in [3.8, 4) is 0 Å². The van der Waals surface area contributed by atoms with Crippen LogP contribution in [0.5, 0.6) is 0 Å². The van der Waals surface area contributed by atoms with Gasteiger partial charge in [0.2, 0.25) is 0 Å². The maximum Gasteiger partial charge on any atom is 0.0270 e. The van der Waals surface area contributed by atoms with Crippen LogP contribution in [0.3, 0.4) is 0 Å². The zero-order valence-corrected chi connectivity index (χ0v) is 10.9. The first-order chi connectivity index (χ1) is 8.29. The number of nitrogens with one attached hydrogen (secondary N) is 1. The maximum atomic E-state index is 4.06. The highest BCUT2D eigenvalue weighted by molar-refractivity contribution is 5.10. The SMILES string of the molecule is CCC1CN(CCc2ccncc2)C(C)CN1. The minimum absolute atomic E-state index is 0.652. The van der Waals surface area contributed by atoms with Crippen LogP contribution in [0.1, 0.15) is 25.8 Å². The summed E-state index contributed by atoms with van der Waals surface area (Å²) in [5, 5.41) is 3.60. The summed E-state index contributed by atoms with van der Waals surface area (Å²) < 4.78 is 0. The van der Waals surface area contributed by atoms with E-state index in [0.29, 0.717) is 12.1 Å². The highest BCUT2D eigenvalue weighted by Crippen LogP contribution is 2.10. The lowest BCUT2D eigenvalue weighted by atomic mass is 10.1. The molecule has 3 heteroatoms. The molecule has 17 heavy (non-hydrogen) atoms. The van der Waals surface area contributed by atoms with Gasteiger partial charge in [0.15, 0.2) is 0 Å². The van der Waals surface area contributed by atoms with E-state index in [9.17, 15) is 0 Å². The Morgan fingerprint density at radius 3 is 2.88 bits per heavy atom. The standard InChI is InChI=1S/C14H23N3/c1-3-14-11-17(12(2)10-16-14)9-6-13-4-7-15-8-5-13/h4-5,7-8,12,14,16H,3,6,9-11H2,1-2H3. The molecule has 94 valence electrons. The number of rotatable bonds is 4. The summed E-state index contributed by atoms with van der Waals surface area (Å²) in [6, 6.07) is 5.55. The molecule has 2 heterocycles. The first-order valence-corrected chi connectivity index (χ1v) is 6.66. The van der Waals surface area contributed by atoms with Gasteiger partial charge in [0.25, 0.3) is 0 Å². The summed E-state index contributed by atoms with van der Waals surface area (Å²) in [6.07, 6.45) is 6.11. The van der Waals surface area contributed by atoms with Gasteiger partial charge in [-0.1, -0.05) is 6.92 Å². The molecule has 1 aliphatic rings. The fourth-order valence-electron chi connectivity index (χ4n) is 2.40. The molecule has 0 bridgehead atoms. The predicted octanol–water partition coefficient (Wildman–Crippen LogP) is 1.70. The van der Waals surface area contributed by atoms with E-state index in [1.807, 2.05) is 12.4 Å². The molecule has 1 aromatic heterocycles. The molecule has 2 atom stereocenters. The minimum atomic E-state index is 0.652. The molecule has 1 aliphatic heterocycles. The Morgan fingerprint density at radius 1 is 1.41 bits per heavy atom. The van der Waals surface area contributed by atoms with E-state index in [2.05, 4.69) is 41.2 Å². The van der Waals surface area contributed by atoms with Gasteiger partial charge in [-0.15, -0.1) is 0 Å². The molecule has 0 aliphatic carbocycles. The van der Waals surface area contributed by atoms with Gasteiger partial charge in [-0.2, -0.15) is 0 Å². The number of aromatic nitrogens is 1. The van der Waals surface area contributed by atoms with E-state index < -0.39 is 0 Å². The van der Waals surface area contributed by atoms with E-state index in [0.717, 1.165) is 19.5 Å². The van der Waals surface area contributed by atoms with Crippen LogP contribution >= 0.6 is 0 Å². The second-order valence-corrected chi connectivity index (χ2v) is 4.96. The van der Waals surface area contributed by atoms with Crippen LogP contribution in [0.4, 0.5) is 0 Å². The number of hydrogen-bond donors (Lipinski definition) is 1. The van der Waals surface area contributed by atoms with Gasteiger partial charge in [-0.25, -0.2) is 0 Å². The highest BCUT2D eigenvalue weighted by Gasteiger charge is 2.23. The summed E-state index contributed by atoms with van der Waals surface area (Å²) in [6.45, 7) is 8.03. The predicted molar refractivity (Wildman–Crippen MR) is 71.1 cm³/mol. The third kappa shape index (κ3) is 3.51. The molecule has 1 aromatic rings. The Kier molecular flexibility index (Phi) is 4.51.